The van der Waals surface area contributed by atoms with Gasteiger partial charge in [-0.05, 0) is 42.9 Å². The summed E-state index contributed by atoms with van der Waals surface area (Å²) in [5.74, 6) is 4.34. The number of hydrogen-bond acceptors (Lipinski definition) is 0. The third-order valence-corrected chi connectivity index (χ3v) is 4.57. The molecule has 0 N–H and O–H groups in total. The molecule has 12 heavy (non-hydrogen) atoms. The van der Waals surface area contributed by atoms with Crippen LogP contribution in [0.2, 0.25) is 0 Å². The van der Waals surface area contributed by atoms with Crippen molar-refractivity contribution in [2.75, 3.05) is 0 Å². The molecule has 0 radical (unpaired) electrons. The largest absolute Gasteiger partial charge is 0.0651 e. The molecule has 0 amide bonds. The van der Waals surface area contributed by atoms with Gasteiger partial charge >= 0.3 is 0 Å². The van der Waals surface area contributed by atoms with E-state index in [-0.39, 0.29) is 0 Å². The third kappa shape index (κ3) is 1.30. The van der Waals surface area contributed by atoms with Crippen molar-refractivity contribution < 1.29 is 0 Å². The Hall–Kier alpha value is 0. The Balaban J connectivity index is 2.02. The molecule has 0 heteroatoms. The maximum Gasteiger partial charge on any atom is -0.0357 e. The fourth-order valence-electron chi connectivity index (χ4n) is 3.73. The minimum atomic E-state index is 1.04. The Morgan fingerprint density at radius 3 is 2.67 bits per heavy atom. The van der Waals surface area contributed by atoms with Gasteiger partial charge in [-0.3, -0.25) is 0 Å². The average molecular weight is 166 g/mol. The number of fused-ring (bicyclic) bond motifs is 1. The van der Waals surface area contributed by atoms with Crippen LogP contribution in [-0.4, -0.2) is 0 Å². The highest BCUT2D eigenvalue weighted by atomic mass is 14.4. The minimum Gasteiger partial charge on any atom is -0.0651 e. The van der Waals surface area contributed by atoms with Crippen LogP contribution in [-0.2, 0) is 0 Å². The zero-order valence-corrected chi connectivity index (χ0v) is 8.55. The summed E-state index contributed by atoms with van der Waals surface area (Å²) in [4.78, 5) is 0. The normalized spacial score (nSPS) is 47.5. The van der Waals surface area contributed by atoms with Crippen molar-refractivity contribution in [1.82, 2.24) is 0 Å². The molecule has 0 nitrogen and oxygen atoms in total. The lowest BCUT2D eigenvalue weighted by Crippen LogP contribution is -2.29. The van der Waals surface area contributed by atoms with E-state index in [1.807, 2.05) is 0 Å². The topological polar surface area (TPSA) is 0 Å². The van der Waals surface area contributed by atoms with E-state index in [1.54, 1.807) is 19.3 Å². The Labute approximate surface area is 76.7 Å². The summed E-state index contributed by atoms with van der Waals surface area (Å²) < 4.78 is 0. The first-order chi connectivity index (χ1) is 5.83. The van der Waals surface area contributed by atoms with Crippen LogP contribution in [0.4, 0.5) is 0 Å². The monoisotopic (exact) mass is 166 g/mol. The molecule has 2 saturated carbocycles. The smallest absolute Gasteiger partial charge is 0.0357 e. The first-order valence-corrected chi connectivity index (χ1v) is 5.83. The number of rotatable bonds is 1. The van der Waals surface area contributed by atoms with Crippen molar-refractivity contribution in [3.05, 3.63) is 0 Å². The summed E-state index contributed by atoms with van der Waals surface area (Å²) in [6.45, 7) is 4.88. The van der Waals surface area contributed by atoms with Crippen LogP contribution in [0.3, 0.4) is 0 Å². The minimum absolute atomic E-state index is 1.04. The maximum absolute atomic E-state index is 2.51. The molecule has 2 aliphatic rings. The van der Waals surface area contributed by atoms with Crippen LogP contribution >= 0.6 is 0 Å². The van der Waals surface area contributed by atoms with E-state index in [1.165, 1.54) is 19.3 Å². The summed E-state index contributed by atoms with van der Waals surface area (Å²) in [5.41, 5.74) is 0. The van der Waals surface area contributed by atoms with E-state index in [4.69, 9.17) is 0 Å². The molecule has 0 aliphatic heterocycles. The van der Waals surface area contributed by atoms with E-state index >= 15 is 0 Å². The van der Waals surface area contributed by atoms with Gasteiger partial charge in [-0.2, -0.15) is 0 Å². The highest BCUT2D eigenvalue weighted by molar-refractivity contribution is 4.88. The second kappa shape index (κ2) is 3.40. The molecule has 0 bridgehead atoms. The molecule has 0 aromatic carbocycles. The van der Waals surface area contributed by atoms with E-state index in [2.05, 4.69) is 13.8 Å². The van der Waals surface area contributed by atoms with Crippen molar-refractivity contribution in [2.45, 2.75) is 52.4 Å². The lowest BCUT2D eigenvalue weighted by atomic mass is 9.68. The van der Waals surface area contributed by atoms with Crippen LogP contribution in [0.1, 0.15) is 52.4 Å². The molecule has 70 valence electrons. The second-order valence-electron chi connectivity index (χ2n) is 4.96. The van der Waals surface area contributed by atoms with Gasteiger partial charge in [0, 0.05) is 0 Å². The third-order valence-electron chi connectivity index (χ3n) is 4.57. The van der Waals surface area contributed by atoms with Gasteiger partial charge in [0.25, 0.3) is 0 Å². The average Bonchev–Trinajstić information content (AvgIpc) is 2.53. The zero-order chi connectivity index (χ0) is 8.55. The lowest BCUT2D eigenvalue weighted by molar-refractivity contribution is 0.122. The molecule has 0 saturated heterocycles. The molecular weight excluding hydrogens is 144 g/mol. The van der Waals surface area contributed by atoms with Gasteiger partial charge in [0.05, 0.1) is 0 Å². The van der Waals surface area contributed by atoms with Crippen molar-refractivity contribution in [3.63, 3.8) is 0 Å². The maximum atomic E-state index is 2.51. The van der Waals surface area contributed by atoms with Crippen LogP contribution in [0.5, 0.6) is 0 Å². The van der Waals surface area contributed by atoms with Crippen LogP contribution in [0.15, 0.2) is 0 Å². The summed E-state index contributed by atoms with van der Waals surface area (Å²) >= 11 is 0. The van der Waals surface area contributed by atoms with Crippen molar-refractivity contribution in [2.24, 2.45) is 23.7 Å². The predicted octanol–water partition coefficient (Wildman–Crippen LogP) is 3.86. The van der Waals surface area contributed by atoms with Crippen molar-refractivity contribution in [1.29, 1.82) is 0 Å². The molecule has 2 aliphatic carbocycles. The molecule has 2 unspecified atom stereocenters. The van der Waals surface area contributed by atoms with Crippen LogP contribution in [0.25, 0.3) is 0 Å². The van der Waals surface area contributed by atoms with Gasteiger partial charge in [-0.25, -0.2) is 0 Å². The highest BCUT2D eigenvalue weighted by Gasteiger charge is 2.38. The Morgan fingerprint density at radius 2 is 1.92 bits per heavy atom. The summed E-state index contributed by atoms with van der Waals surface area (Å²) in [7, 11) is 0. The zero-order valence-electron chi connectivity index (χ0n) is 8.55. The van der Waals surface area contributed by atoms with Gasteiger partial charge in [0.15, 0.2) is 0 Å². The Morgan fingerprint density at radius 1 is 1.08 bits per heavy atom. The second-order valence-corrected chi connectivity index (χ2v) is 4.96. The Bertz CT molecular complexity index is 150. The molecule has 0 heterocycles. The summed E-state index contributed by atoms with van der Waals surface area (Å²) in [5, 5.41) is 0. The van der Waals surface area contributed by atoms with Gasteiger partial charge in [0.2, 0.25) is 0 Å². The first-order valence-electron chi connectivity index (χ1n) is 5.83. The molecule has 0 aromatic rings. The molecule has 2 fully saturated rings. The van der Waals surface area contributed by atoms with E-state index in [9.17, 15) is 0 Å². The SMILES string of the molecule is CC[C@@H]1CCC2CCC[C@@H]2C1C. The quantitative estimate of drug-likeness (QED) is 0.555. The number of hydrogen-bond donors (Lipinski definition) is 0. The molecule has 0 spiro atoms. The van der Waals surface area contributed by atoms with Crippen LogP contribution < -0.4 is 0 Å². The van der Waals surface area contributed by atoms with Crippen molar-refractivity contribution in [3.8, 4) is 0 Å². The van der Waals surface area contributed by atoms with E-state index < -0.39 is 0 Å². The Kier molecular flexibility index (Phi) is 2.43. The van der Waals surface area contributed by atoms with E-state index in [0.717, 1.165) is 23.7 Å². The summed E-state index contributed by atoms with van der Waals surface area (Å²) in [6.07, 6.45) is 9.11. The standard InChI is InChI=1S/C12H22/c1-3-10-7-8-11-5-4-6-12(11)9(10)2/h9-12H,3-8H2,1-2H3/t9?,10-,11?,12-/m1/s1. The first kappa shape index (κ1) is 8.59. The van der Waals surface area contributed by atoms with Gasteiger partial charge in [-0.1, -0.05) is 33.1 Å². The molecule has 4 atom stereocenters. The van der Waals surface area contributed by atoms with E-state index in [0.29, 0.717) is 0 Å². The molecular formula is C12H22. The predicted molar refractivity (Wildman–Crippen MR) is 53.0 cm³/mol. The van der Waals surface area contributed by atoms with Gasteiger partial charge < -0.3 is 0 Å². The highest BCUT2D eigenvalue weighted by Crippen LogP contribution is 2.48. The van der Waals surface area contributed by atoms with Gasteiger partial charge in [-0.15, -0.1) is 0 Å². The van der Waals surface area contributed by atoms with Crippen LogP contribution in [0, 0.1) is 23.7 Å². The fourth-order valence-corrected chi connectivity index (χ4v) is 3.73. The lowest BCUT2D eigenvalue weighted by Gasteiger charge is -2.37. The van der Waals surface area contributed by atoms with Gasteiger partial charge in [0.1, 0.15) is 0 Å². The molecule has 0 aromatic heterocycles. The fraction of sp³-hybridized carbons (Fsp3) is 1.00. The van der Waals surface area contributed by atoms with Crippen molar-refractivity contribution >= 4 is 0 Å². The summed E-state index contributed by atoms with van der Waals surface area (Å²) in [6, 6.07) is 0. The molecule has 2 rings (SSSR count).